The molecule has 108 valence electrons. The van der Waals surface area contributed by atoms with Gasteiger partial charge in [0.1, 0.15) is 5.75 Å². The van der Waals surface area contributed by atoms with Gasteiger partial charge >= 0.3 is 0 Å². The molecule has 1 heterocycles. The van der Waals surface area contributed by atoms with Gasteiger partial charge in [0.05, 0.1) is 17.3 Å². The zero-order valence-corrected chi connectivity index (χ0v) is 14.6. The maximum atomic E-state index is 5.88. The Labute approximate surface area is 132 Å². The van der Waals surface area contributed by atoms with Gasteiger partial charge in [0.25, 0.3) is 0 Å². The maximum absolute atomic E-state index is 5.88. The third-order valence-corrected chi connectivity index (χ3v) is 4.51. The third kappa shape index (κ3) is 3.33. The number of benzene rings is 1. The fraction of sp³-hybridized carbons (Fsp3) is 0.400. The van der Waals surface area contributed by atoms with E-state index in [2.05, 4.69) is 53.8 Å². The second-order valence-electron chi connectivity index (χ2n) is 5.72. The van der Waals surface area contributed by atoms with Crippen molar-refractivity contribution >= 4 is 32.4 Å². The predicted octanol–water partition coefficient (Wildman–Crippen LogP) is 4.38. The molecule has 0 spiro atoms. The summed E-state index contributed by atoms with van der Waals surface area (Å²) in [5.74, 6) is 0.841. The van der Waals surface area contributed by atoms with E-state index in [1.54, 1.807) is 18.4 Å². The van der Waals surface area contributed by atoms with E-state index in [0.717, 1.165) is 22.3 Å². The Bertz CT molecular complexity index is 617. The van der Waals surface area contributed by atoms with Crippen LogP contribution in [-0.4, -0.2) is 12.1 Å². The molecule has 1 aromatic heterocycles. The van der Waals surface area contributed by atoms with E-state index in [-0.39, 0.29) is 5.41 Å². The van der Waals surface area contributed by atoms with E-state index in [4.69, 9.17) is 10.5 Å². The molecular formula is C15H19BrN2OS. The number of thiazole rings is 1. The second-order valence-corrected chi connectivity index (χ2v) is 7.69. The summed E-state index contributed by atoms with van der Waals surface area (Å²) in [6.07, 6.45) is 0.837. The highest BCUT2D eigenvalue weighted by Gasteiger charge is 2.22. The van der Waals surface area contributed by atoms with E-state index >= 15 is 0 Å². The van der Waals surface area contributed by atoms with Crippen molar-refractivity contribution in [3.05, 3.63) is 38.8 Å². The lowest BCUT2D eigenvalue weighted by atomic mass is 9.90. The van der Waals surface area contributed by atoms with Crippen molar-refractivity contribution < 1.29 is 4.74 Å². The van der Waals surface area contributed by atoms with Crippen LogP contribution in [0, 0.1) is 0 Å². The van der Waals surface area contributed by atoms with Gasteiger partial charge < -0.3 is 10.5 Å². The van der Waals surface area contributed by atoms with Gasteiger partial charge in [-0.15, -0.1) is 11.3 Å². The average molecular weight is 355 g/mol. The molecule has 2 aromatic rings. The number of methoxy groups -OCH3 is 1. The topological polar surface area (TPSA) is 48.1 Å². The van der Waals surface area contributed by atoms with Crippen LogP contribution in [0.2, 0.25) is 0 Å². The highest BCUT2D eigenvalue weighted by atomic mass is 79.9. The highest BCUT2D eigenvalue weighted by molar-refractivity contribution is 9.10. The van der Waals surface area contributed by atoms with Gasteiger partial charge in [0.2, 0.25) is 0 Å². The van der Waals surface area contributed by atoms with Gasteiger partial charge in [-0.1, -0.05) is 26.8 Å². The van der Waals surface area contributed by atoms with Crippen molar-refractivity contribution in [3.8, 4) is 5.75 Å². The fourth-order valence-electron chi connectivity index (χ4n) is 2.08. The van der Waals surface area contributed by atoms with E-state index in [1.807, 2.05) is 6.07 Å². The molecule has 2 N–H and O–H groups in total. The summed E-state index contributed by atoms with van der Waals surface area (Å²) >= 11 is 5.09. The maximum Gasteiger partial charge on any atom is 0.180 e. The number of hydrogen-bond donors (Lipinski definition) is 1. The van der Waals surface area contributed by atoms with Crippen molar-refractivity contribution in [2.24, 2.45) is 0 Å². The number of anilines is 1. The number of ether oxygens (including phenoxy) is 1. The zero-order valence-electron chi connectivity index (χ0n) is 12.2. The van der Waals surface area contributed by atoms with Crippen molar-refractivity contribution in [3.63, 3.8) is 0 Å². The standard InChI is InChI=1S/C15H19BrN2OS/c1-15(2,3)13-12(20-14(17)18-13)8-9-5-6-11(19-4)10(16)7-9/h5-7H,8H2,1-4H3,(H2,17,18). The normalized spacial score (nSPS) is 11.7. The van der Waals surface area contributed by atoms with Crippen LogP contribution < -0.4 is 10.5 Å². The minimum atomic E-state index is 0.00710. The van der Waals surface area contributed by atoms with Crippen molar-refractivity contribution in [1.29, 1.82) is 0 Å². The third-order valence-electron chi connectivity index (χ3n) is 3.01. The van der Waals surface area contributed by atoms with Gasteiger partial charge in [-0.05, 0) is 33.6 Å². The molecule has 0 saturated carbocycles. The smallest absolute Gasteiger partial charge is 0.180 e. The molecule has 0 unspecified atom stereocenters. The van der Waals surface area contributed by atoms with E-state index in [9.17, 15) is 0 Å². The molecule has 0 bridgehead atoms. The molecule has 0 aliphatic rings. The number of nitrogens with zero attached hydrogens (tertiary/aromatic N) is 1. The number of aromatic nitrogens is 1. The summed E-state index contributed by atoms with van der Waals surface area (Å²) < 4.78 is 6.22. The summed E-state index contributed by atoms with van der Waals surface area (Å²) in [6, 6.07) is 6.13. The monoisotopic (exact) mass is 354 g/mol. The lowest BCUT2D eigenvalue weighted by Crippen LogP contribution is -2.14. The summed E-state index contributed by atoms with van der Waals surface area (Å²) in [7, 11) is 1.67. The summed E-state index contributed by atoms with van der Waals surface area (Å²) in [4.78, 5) is 5.72. The first kappa shape index (κ1) is 15.3. The molecule has 5 heteroatoms. The Balaban J connectivity index is 2.33. The summed E-state index contributed by atoms with van der Waals surface area (Å²) in [6.45, 7) is 6.48. The van der Waals surface area contributed by atoms with Crippen LogP contribution in [0.4, 0.5) is 5.13 Å². The van der Waals surface area contributed by atoms with Crippen molar-refractivity contribution in [2.75, 3.05) is 12.8 Å². The van der Waals surface area contributed by atoms with Crippen molar-refractivity contribution in [2.45, 2.75) is 32.6 Å². The van der Waals surface area contributed by atoms with Crippen molar-refractivity contribution in [1.82, 2.24) is 4.98 Å². The first-order valence-electron chi connectivity index (χ1n) is 6.39. The van der Waals surface area contributed by atoms with E-state index < -0.39 is 0 Å². The first-order chi connectivity index (χ1) is 9.31. The van der Waals surface area contributed by atoms with Gasteiger partial charge in [-0.2, -0.15) is 0 Å². The molecule has 1 aromatic carbocycles. The van der Waals surface area contributed by atoms with Crippen LogP contribution >= 0.6 is 27.3 Å². The van der Waals surface area contributed by atoms with E-state index in [0.29, 0.717) is 5.13 Å². The number of nitrogen functional groups attached to an aromatic ring is 1. The zero-order chi connectivity index (χ0) is 14.9. The minimum absolute atomic E-state index is 0.00710. The van der Waals surface area contributed by atoms with Crippen LogP contribution in [0.1, 0.15) is 36.9 Å². The Morgan fingerprint density at radius 3 is 2.60 bits per heavy atom. The van der Waals surface area contributed by atoms with Gasteiger partial charge in [-0.3, -0.25) is 0 Å². The first-order valence-corrected chi connectivity index (χ1v) is 8.00. The lowest BCUT2D eigenvalue weighted by molar-refractivity contribution is 0.412. The fourth-order valence-corrected chi connectivity index (χ4v) is 3.75. The number of hydrogen-bond acceptors (Lipinski definition) is 4. The molecule has 0 saturated heterocycles. The van der Waals surface area contributed by atoms with Crippen LogP contribution in [0.15, 0.2) is 22.7 Å². The summed E-state index contributed by atoms with van der Waals surface area (Å²) in [5.41, 5.74) is 8.19. The average Bonchev–Trinajstić information content (AvgIpc) is 2.70. The Kier molecular flexibility index (Phi) is 4.39. The number of nitrogens with two attached hydrogens (primary N) is 1. The Morgan fingerprint density at radius 1 is 1.35 bits per heavy atom. The Hall–Kier alpha value is -1.07. The molecule has 0 amide bonds. The molecule has 20 heavy (non-hydrogen) atoms. The van der Waals surface area contributed by atoms with Crippen LogP contribution in [0.3, 0.4) is 0 Å². The van der Waals surface area contributed by atoms with Gasteiger partial charge in [-0.25, -0.2) is 4.98 Å². The van der Waals surface area contributed by atoms with Crippen LogP contribution in [-0.2, 0) is 11.8 Å². The number of halogens is 1. The Morgan fingerprint density at radius 2 is 2.05 bits per heavy atom. The SMILES string of the molecule is COc1ccc(Cc2sc(N)nc2C(C)(C)C)cc1Br. The summed E-state index contributed by atoms with van der Waals surface area (Å²) in [5, 5.41) is 0.637. The second kappa shape index (κ2) is 5.74. The highest BCUT2D eigenvalue weighted by Crippen LogP contribution is 2.33. The molecule has 0 atom stereocenters. The minimum Gasteiger partial charge on any atom is -0.496 e. The van der Waals surface area contributed by atoms with Crippen LogP contribution in [0.5, 0.6) is 5.75 Å². The molecule has 0 aliphatic carbocycles. The molecule has 0 radical (unpaired) electrons. The van der Waals surface area contributed by atoms with E-state index in [1.165, 1.54) is 10.4 Å². The van der Waals surface area contributed by atoms with Gasteiger partial charge in [0.15, 0.2) is 5.13 Å². The lowest BCUT2D eigenvalue weighted by Gasteiger charge is -2.17. The number of rotatable bonds is 3. The molecule has 0 aliphatic heterocycles. The largest absolute Gasteiger partial charge is 0.496 e. The predicted molar refractivity (Wildman–Crippen MR) is 88.7 cm³/mol. The van der Waals surface area contributed by atoms with Gasteiger partial charge in [0, 0.05) is 16.7 Å². The van der Waals surface area contributed by atoms with Crippen LogP contribution in [0.25, 0.3) is 0 Å². The molecular weight excluding hydrogens is 336 g/mol. The molecule has 3 nitrogen and oxygen atoms in total. The molecule has 2 rings (SSSR count). The molecule has 0 fully saturated rings. The quantitative estimate of drug-likeness (QED) is 0.889.